The summed E-state index contributed by atoms with van der Waals surface area (Å²) in [7, 11) is 0. The van der Waals surface area contributed by atoms with Gasteiger partial charge in [-0.25, -0.2) is 4.79 Å². The summed E-state index contributed by atoms with van der Waals surface area (Å²) in [6, 6.07) is 11.2. The van der Waals surface area contributed by atoms with Gasteiger partial charge in [0.1, 0.15) is 0 Å². The Labute approximate surface area is 182 Å². The number of benzene rings is 2. The predicted octanol–water partition coefficient (Wildman–Crippen LogP) is 6.15. The van der Waals surface area contributed by atoms with Crippen molar-refractivity contribution in [3.05, 3.63) is 58.1 Å². The highest BCUT2D eigenvalue weighted by Crippen LogP contribution is 2.30. The summed E-state index contributed by atoms with van der Waals surface area (Å²) in [6.45, 7) is 6.27. The van der Waals surface area contributed by atoms with Crippen LogP contribution in [0.1, 0.15) is 55.1 Å². The van der Waals surface area contributed by atoms with Gasteiger partial charge in [-0.05, 0) is 73.4 Å². The van der Waals surface area contributed by atoms with Gasteiger partial charge in [0, 0.05) is 22.0 Å². The fraction of sp³-hybridized carbons (Fsp3) is 0.391. The molecule has 2 aromatic rings. The highest BCUT2D eigenvalue weighted by atomic mass is 35.5. The average Bonchev–Trinajstić information content (AvgIpc) is 2.72. The molecule has 29 heavy (non-hydrogen) atoms. The average molecular weight is 434 g/mol. The Balaban J connectivity index is 1.84. The zero-order valence-electron chi connectivity index (χ0n) is 17.2. The Hall–Kier alpha value is -1.98. The van der Waals surface area contributed by atoms with E-state index in [4.69, 9.17) is 16.3 Å². The molecular weight excluding hydrogens is 406 g/mol. The van der Waals surface area contributed by atoms with Crippen molar-refractivity contribution in [2.75, 3.05) is 17.7 Å². The molecule has 0 saturated heterocycles. The van der Waals surface area contributed by atoms with E-state index >= 15 is 0 Å². The van der Waals surface area contributed by atoms with Crippen LogP contribution in [0.4, 0.5) is 5.69 Å². The molecule has 1 amide bonds. The molecule has 2 aromatic carbocycles. The van der Waals surface area contributed by atoms with Crippen LogP contribution in [0.5, 0.6) is 0 Å². The number of ether oxygens (including phenoxy) is 1. The molecule has 0 fully saturated rings. The molecule has 0 aliphatic carbocycles. The van der Waals surface area contributed by atoms with Crippen LogP contribution >= 0.6 is 23.4 Å². The number of carbonyl (C=O) groups is 2. The summed E-state index contributed by atoms with van der Waals surface area (Å²) in [5.41, 5.74) is 3.52. The molecule has 0 atom stereocenters. The third-order valence-electron chi connectivity index (χ3n) is 4.52. The van der Waals surface area contributed by atoms with Crippen LogP contribution < -0.4 is 5.32 Å². The highest BCUT2D eigenvalue weighted by Gasteiger charge is 2.13. The van der Waals surface area contributed by atoms with Gasteiger partial charge in [-0.15, -0.1) is 11.8 Å². The largest absolute Gasteiger partial charge is 0.462 e. The van der Waals surface area contributed by atoms with Gasteiger partial charge in [0.05, 0.1) is 12.2 Å². The van der Waals surface area contributed by atoms with E-state index in [0.29, 0.717) is 23.6 Å². The van der Waals surface area contributed by atoms with Gasteiger partial charge in [-0.3, -0.25) is 4.79 Å². The number of carbonyl (C=O) groups excluding carboxylic acids is 2. The fourth-order valence-electron chi connectivity index (χ4n) is 2.99. The van der Waals surface area contributed by atoms with E-state index in [9.17, 15) is 9.59 Å². The van der Waals surface area contributed by atoms with Crippen LogP contribution in [-0.4, -0.2) is 24.2 Å². The first-order valence-corrected chi connectivity index (χ1v) is 11.4. The number of esters is 1. The van der Waals surface area contributed by atoms with Crippen molar-refractivity contribution in [1.29, 1.82) is 0 Å². The molecule has 0 saturated carbocycles. The Morgan fingerprint density at radius 1 is 1.03 bits per heavy atom. The molecule has 4 nitrogen and oxygen atoms in total. The first kappa shape index (κ1) is 23.3. The third-order valence-corrected chi connectivity index (χ3v) is 5.98. The summed E-state index contributed by atoms with van der Waals surface area (Å²) >= 11 is 7.97. The molecule has 0 heterocycles. The Kier molecular flexibility index (Phi) is 9.55. The Morgan fingerprint density at radius 2 is 1.76 bits per heavy atom. The Bertz CT molecular complexity index is 837. The number of hydrogen-bond donors (Lipinski definition) is 1. The minimum absolute atomic E-state index is 0.00919. The van der Waals surface area contributed by atoms with Crippen LogP contribution in [0.25, 0.3) is 0 Å². The number of rotatable bonds is 10. The van der Waals surface area contributed by atoms with E-state index in [0.717, 1.165) is 46.7 Å². The van der Waals surface area contributed by atoms with Crippen molar-refractivity contribution in [3.63, 3.8) is 0 Å². The second kappa shape index (κ2) is 11.9. The van der Waals surface area contributed by atoms with Crippen LogP contribution in [0.2, 0.25) is 5.02 Å². The van der Waals surface area contributed by atoms with Gasteiger partial charge in [-0.2, -0.15) is 0 Å². The van der Waals surface area contributed by atoms with Crippen LogP contribution in [0.15, 0.2) is 41.3 Å². The lowest BCUT2D eigenvalue weighted by Gasteiger charge is -2.16. The minimum Gasteiger partial charge on any atom is -0.462 e. The number of amides is 1. The lowest BCUT2D eigenvalue weighted by molar-refractivity contribution is -0.116. The van der Waals surface area contributed by atoms with Gasteiger partial charge in [0.2, 0.25) is 5.91 Å². The van der Waals surface area contributed by atoms with Crippen molar-refractivity contribution in [3.8, 4) is 0 Å². The number of thioether (sulfide) groups is 1. The summed E-state index contributed by atoms with van der Waals surface area (Å²) < 4.78 is 4.98. The number of halogens is 1. The van der Waals surface area contributed by atoms with Crippen molar-refractivity contribution in [2.24, 2.45) is 0 Å². The van der Waals surface area contributed by atoms with Gasteiger partial charge >= 0.3 is 5.97 Å². The molecule has 6 heteroatoms. The molecular formula is C23H28ClNO3S. The van der Waals surface area contributed by atoms with Crippen molar-refractivity contribution >= 4 is 40.9 Å². The second-order valence-corrected chi connectivity index (χ2v) is 8.09. The topological polar surface area (TPSA) is 55.4 Å². The molecule has 0 unspecified atom stereocenters. The zero-order chi connectivity index (χ0) is 21.2. The maximum Gasteiger partial charge on any atom is 0.338 e. The van der Waals surface area contributed by atoms with Crippen molar-refractivity contribution in [1.82, 2.24) is 0 Å². The monoisotopic (exact) mass is 433 g/mol. The molecule has 0 radical (unpaired) electrons. The van der Waals surface area contributed by atoms with Crippen LogP contribution in [-0.2, 0) is 22.4 Å². The summed E-state index contributed by atoms with van der Waals surface area (Å²) in [5, 5.41) is 3.76. The SMILES string of the molecule is CCOC(=O)c1ccc(SCCCC(=O)Nc2c(CC)ccc(Cl)c2CC)cc1. The molecule has 0 aliphatic rings. The molecule has 0 bridgehead atoms. The number of aryl methyl sites for hydroxylation is 1. The van der Waals surface area contributed by atoms with Crippen LogP contribution in [0, 0.1) is 0 Å². The molecule has 1 N–H and O–H groups in total. The van der Waals surface area contributed by atoms with Crippen molar-refractivity contribution in [2.45, 2.75) is 51.3 Å². The zero-order valence-corrected chi connectivity index (χ0v) is 18.8. The predicted molar refractivity (Wildman–Crippen MR) is 121 cm³/mol. The second-order valence-electron chi connectivity index (χ2n) is 6.51. The molecule has 0 aliphatic heterocycles. The molecule has 0 aromatic heterocycles. The molecule has 156 valence electrons. The van der Waals surface area contributed by atoms with E-state index in [2.05, 4.69) is 12.2 Å². The van der Waals surface area contributed by atoms with E-state index < -0.39 is 0 Å². The van der Waals surface area contributed by atoms with Crippen LogP contribution in [0.3, 0.4) is 0 Å². The third kappa shape index (κ3) is 6.79. The number of nitrogens with one attached hydrogen (secondary N) is 1. The van der Waals surface area contributed by atoms with Crippen molar-refractivity contribution < 1.29 is 14.3 Å². The first-order valence-electron chi connectivity index (χ1n) is 10.00. The number of hydrogen-bond acceptors (Lipinski definition) is 4. The van der Waals surface area contributed by atoms with E-state index in [1.54, 1.807) is 30.8 Å². The lowest BCUT2D eigenvalue weighted by Crippen LogP contribution is -2.15. The number of anilines is 1. The van der Waals surface area contributed by atoms with Gasteiger partial charge in [-0.1, -0.05) is 31.5 Å². The maximum absolute atomic E-state index is 12.4. The lowest BCUT2D eigenvalue weighted by atomic mass is 10.0. The Morgan fingerprint density at radius 3 is 2.38 bits per heavy atom. The normalized spacial score (nSPS) is 10.6. The van der Waals surface area contributed by atoms with Gasteiger partial charge in [0.15, 0.2) is 0 Å². The molecule has 2 rings (SSSR count). The van der Waals surface area contributed by atoms with E-state index in [-0.39, 0.29) is 11.9 Å². The van der Waals surface area contributed by atoms with Gasteiger partial charge < -0.3 is 10.1 Å². The van der Waals surface area contributed by atoms with E-state index in [1.165, 1.54) is 0 Å². The molecule has 0 spiro atoms. The summed E-state index contributed by atoms with van der Waals surface area (Å²) in [6.07, 6.45) is 2.84. The smallest absolute Gasteiger partial charge is 0.338 e. The quantitative estimate of drug-likeness (QED) is 0.277. The summed E-state index contributed by atoms with van der Waals surface area (Å²) in [4.78, 5) is 25.2. The minimum atomic E-state index is -0.306. The summed E-state index contributed by atoms with van der Waals surface area (Å²) in [5.74, 6) is 0.526. The van der Waals surface area contributed by atoms with E-state index in [1.807, 2.05) is 31.2 Å². The maximum atomic E-state index is 12.4. The standard InChI is InChI=1S/C23H28ClNO3S/c1-4-16-11-14-20(24)19(5-2)22(16)25-21(26)8-7-15-29-18-12-9-17(10-13-18)23(27)28-6-3/h9-14H,4-8,15H2,1-3H3,(H,25,26). The highest BCUT2D eigenvalue weighted by molar-refractivity contribution is 7.99. The fourth-order valence-corrected chi connectivity index (χ4v) is 4.14. The van der Waals surface area contributed by atoms with Gasteiger partial charge in [0.25, 0.3) is 0 Å². The first-order chi connectivity index (χ1) is 14.0.